The van der Waals surface area contributed by atoms with Crippen LogP contribution in [0.15, 0.2) is 18.2 Å². The molecule has 0 heterocycles. The number of aliphatic hydroxyl groups is 1. The molecule has 2 nitrogen and oxygen atoms in total. The van der Waals surface area contributed by atoms with Gasteiger partial charge in [-0.2, -0.15) is 0 Å². The van der Waals surface area contributed by atoms with Gasteiger partial charge < -0.3 is 10.8 Å². The highest BCUT2D eigenvalue weighted by Gasteiger charge is 2.26. The molecular weight excluding hydrogens is 229 g/mol. The maximum Gasteiger partial charge on any atom is 0.124 e. The van der Waals surface area contributed by atoms with Gasteiger partial charge in [-0.3, -0.25) is 0 Å². The molecule has 0 fully saturated rings. The van der Waals surface area contributed by atoms with Crippen molar-refractivity contribution >= 4 is 11.6 Å². The lowest BCUT2D eigenvalue weighted by Crippen LogP contribution is -2.39. The Hall–Kier alpha value is -0.640. The zero-order chi connectivity index (χ0) is 12.3. The average Bonchev–Trinajstić information content (AvgIpc) is 2.10. The Morgan fingerprint density at radius 3 is 2.50 bits per heavy atom. The second kappa shape index (κ2) is 5.13. The number of halogens is 2. The summed E-state index contributed by atoms with van der Waals surface area (Å²) in [6, 6.07) is 4.37. The van der Waals surface area contributed by atoms with Crippen LogP contribution in [0, 0.1) is 5.82 Å². The molecule has 0 saturated carbocycles. The van der Waals surface area contributed by atoms with Crippen molar-refractivity contribution in [1.29, 1.82) is 0 Å². The largest absolute Gasteiger partial charge is 0.396 e. The summed E-state index contributed by atoms with van der Waals surface area (Å²) in [4.78, 5) is 0. The molecule has 0 aromatic heterocycles. The van der Waals surface area contributed by atoms with Gasteiger partial charge in [0.25, 0.3) is 0 Å². The van der Waals surface area contributed by atoms with Crippen molar-refractivity contribution in [2.24, 2.45) is 5.73 Å². The molecule has 1 atom stereocenters. The van der Waals surface area contributed by atoms with Crippen molar-refractivity contribution in [3.63, 3.8) is 0 Å². The van der Waals surface area contributed by atoms with E-state index < -0.39 is 5.54 Å². The quantitative estimate of drug-likeness (QED) is 0.857. The smallest absolute Gasteiger partial charge is 0.124 e. The van der Waals surface area contributed by atoms with Gasteiger partial charge in [-0.05, 0) is 44.0 Å². The van der Waals surface area contributed by atoms with Gasteiger partial charge in [0.15, 0.2) is 0 Å². The number of hydrogen-bond donors (Lipinski definition) is 2. The molecule has 16 heavy (non-hydrogen) atoms. The van der Waals surface area contributed by atoms with E-state index in [9.17, 15) is 4.39 Å². The van der Waals surface area contributed by atoms with E-state index in [1.807, 2.05) is 13.8 Å². The van der Waals surface area contributed by atoms with E-state index in [1.165, 1.54) is 12.1 Å². The third kappa shape index (κ3) is 3.44. The Balaban J connectivity index is 3.10. The molecule has 0 aliphatic carbocycles. The van der Waals surface area contributed by atoms with Crippen LogP contribution in [-0.4, -0.2) is 17.3 Å². The molecule has 90 valence electrons. The SMILES string of the molecule is CC(C)(N)C(CCO)c1cc(F)cc(Cl)c1. The van der Waals surface area contributed by atoms with Crippen LogP contribution >= 0.6 is 11.6 Å². The highest BCUT2D eigenvalue weighted by Crippen LogP contribution is 2.31. The maximum atomic E-state index is 13.2. The molecule has 0 bridgehead atoms. The van der Waals surface area contributed by atoms with Crippen molar-refractivity contribution in [3.05, 3.63) is 34.6 Å². The Labute approximate surface area is 100 Å². The lowest BCUT2D eigenvalue weighted by molar-refractivity contribution is 0.250. The van der Waals surface area contributed by atoms with Gasteiger partial charge in [-0.25, -0.2) is 4.39 Å². The highest BCUT2D eigenvalue weighted by molar-refractivity contribution is 6.30. The number of rotatable bonds is 4. The Bertz CT molecular complexity index is 342. The summed E-state index contributed by atoms with van der Waals surface area (Å²) in [6.07, 6.45) is 0.489. The minimum Gasteiger partial charge on any atom is -0.396 e. The van der Waals surface area contributed by atoms with E-state index in [2.05, 4.69) is 0 Å². The van der Waals surface area contributed by atoms with Gasteiger partial charge in [0, 0.05) is 23.1 Å². The number of hydrogen-bond acceptors (Lipinski definition) is 2. The molecule has 0 saturated heterocycles. The molecule has 0 spiro atoms. The van der Waals surface area contributed by atoms with Crippen molar-refractivity contribution in [2.75, 3.05) is 6.61 Å². The zero-order valence-corrected chi connectivity index (χ0v) is 10.3. The van der Waals surface area contributed by atoms with Gasteiger partial charge in [0.05, 0.1) is 0 Å². The van der Waals surface area contributed by atoms with Crippen LogP contribution < -0.4 is 5.73 Å². The lowest BCUT2D eigenvalue weighted by Gasteiger charge is -2.30. The van der Waals surface area contributed by atoms with E-state index >= 15 is 0 Å². The van der Waals surface area contributed by atoms with Crippen molar-refractivity contribution in [2.45, 2.75) is 31.7 Å². The fourth-order valence-electron chi connectivity index (χ4n) is 1.87. The Morgan fingerprint density at radius 1 is 1.44 bits per heavy atom. The van der Waals surface area contributed by atoms with E-state index in [-0.39, 0.29) is 18.3 Å². The number of benzene rings is 1. The predicted octanol–water partition coefficient (Wildman–Crippen LogP) is 2.68. The van der Waals surface area contributed by atoms with Crippen molar-refractivity contribution in [3.8, 4) is 0 Å². The molecule has 0 aliphatic heterocycles. The second-order valence-electron chi connectivity index (χ2n) is 4.59. The summed E-state index contributed by atoms with van der Waals surface area (Å²) >= 11 is 5.80. The molecule has 1 rings (SSSR count). The minimum atomic E-state index is -0.528. The van der Waals surface area contributed by atoms with Crippen molar-refractivity contribution in [1.82, 2.24) is 0 Å². The molecule has 1 unspecified atom stereocenters. The van der Waals surface area contributed by atoms with Gasteiger partial charge in [-0.15, -0.1) is 0 Å². The highest BCUT2D eigenvalue weighted by atomic mass is 35.5. The molecule has 4 heteroatoms. The van der Waals surface area contributed by atoms with E-state index in [4.69, 9.17) is 22.4 Å². The van der Waals surface area contributed by atoms with Gasteiger partial charge in [0.2, 0.25) is 0 Å². The fraction of sp³-hybridized carbons (Fsp3) is 0.500. The minimum absolute atomic E-state index is 0.0133. The average molecular weight is 246 g/mol. The number of aliphatic hydroxyl groups excluding tert-OH is 1. The third-order valence-electron chi connectivity index (χ3n) is 2.60. The molecule has 1 aromatic carbocycles. The van der Waals surface area contributed by atoms with Crippen LogP contribution in [-0.2, 0) is 0 Å². The van der Waals surface area contributed by atoms with Crippen LogP contribution in [0.5, 0.6) is 0 Å². The van der Waals surface area contributed by atoms with Crippen LogP contribution in [0.2, 0.25) is 5.02 Å². The third-order valence-corrected chi connectivity index (χ3v) is 2.82. The van der Waals surface area contributed by atoms with E-state index in [0.717, 1.165) is 5.56 Å². The standard InChI is InChI=1S/C12H17ClFNO/c1-12(2,15)11(3-4-16)8-5-9(13)7-10(14)6-8/h5-7,11,16H,3-4,15H2,1-2H3. The summed E-state index contributed by atoms with van der Waals surface area (Å²) in [6.45, 7) is 3.72. The molecule has 0 aliphatic rings. The second-order valence-corrected chi connectivity index (χ2v) is 5.03. The van der Waals surface area contributed by atoms with E-state index in [0.29, 0.717) is 11.4 Å². The maximum absolute atomic E-state index is 13.2. The van der Waals surface area contributed by atoms with Gasteiger partial charge in [-0.1, -0.05) is 11.6 Å². The first kappa shape index (κ1) is 13.4. The van der Waals surface area contributed by atoms with Gasteiger partial charge in [0.1, 0.15) is 5.82 Å². The molecule has 1 aromatic rings. The normalized spacial score (nSPS) is 13.9. The lowest BCUT2D eigenvalue weighted by atomic mass is 9.80. The zero-order valence-electron chi connectivity index (χ0n) is 9.50. The fourth-order valence-corrected chi connectivity index (χ4v) is 2.10. The first-order valence-corrected chi connectivity index (χ1v) is 5.58. The summed E-state index contributed by atoms with van der Waals surface area (Å²) < 4.78 is 13.2. The van der Waals surface area contributed by atoms with Crippen LogP contribution in [0.3, 0.4) is 0 Å². The van der Waals surface area contributed by atoms with Crippen molar-refractivity contribution < 1.29 is 9.50 Å². The summed E-state index contributed by atoms with van der Waals surface area (Å²) in [7, 11) is 0. The van der Waals surface area contributed by atoms with Crippen LogP contribution in [0.4, 0.5) is 4.39 Å². The Kier molecular flexibility index (Phi) is 4.30. The summed E-state index contributed by atoms with van der Waals surface area (Å²) in [5.74, 6) is -0.500. The van der Waals surface area contributed by atoms with Crippen LogP contribution in [0.25, 0.3) is 0 Å². The monoisotopic (exact) mass is 245 g/mol. The summed E-state index contributed by atoms with van der Waals surface area (Å²) in [5, 5.41) is 9.37. The predicted molar refractivity (Wildman–Crippen MR) is 64.1 cm³/mol. The molecule has 3 N–H and O–H groups in total. The molecule has 0 amide bonds. The van der Waals surface area contributed by atoms with Crippen LogP contribution in [0.1, 0.15) is 31.7 Å². The molecule has 0 radical (unpaired) electrons. The number of nitrogens with two attached hydrogens (primary N) is 1. The topological polar surface area (TPSA) is 46.2 Å². The summed E-state index contributed by atoms with van der Waals surface area (Å²) in [5.41, 5.74) is 6.22. The van der Waals surface area contributed by atoms with Gasteiger partial charge >= 0.3 is 0 Å². The first-order chi connectivity index (χ1) is 7.34. The molecular formula is C12H17ClFNO. The van der Waals surface area contributed by atoms with E-state index in [1.54, 1.807) is 6.07 Å². The first-order valence-electron chi connectivity index (χ1n) is 5.20. The Morgan fingerprint density at radius 2 is 2.06 bits per heavy atom.